The molecule has 1 N–H and O–H groups in total. The Bertz CT molecular complexity index is 278. The van der Waals surface area contributed by atoms with E-state index in [4.69, 9.17) is 0 Å². The molecule has 2 aliphatic carbocycles. The zero-order chi connectivity index (χ0) is 12.5. The van der Waals surface area contributed by atoms with Gasteiger partial charge in [-0.1, -0.05) is 39.0 Å². The van der Waals surface area contributed by atoms with E-state index in [1.54, 1.807) is 0 Å². The lowest BCUT2D eigenvalue weighted by Gasteiger charge is -2.34. The van der Waals surface area contributed by atoms with Crippen LogP contribution in [-0.4, -0.2) is 23.6 Å². The molecule has 0 bridgehead atoms. The van der Waals surface area contributed by atoms with Crippen molar-refractivity contribution in [3.8, 4) is 0 Å². The molecule has 3 fully saturated rings. The van der Waals surface area contributed by atoms with Crippen LogP contribution in [0.4, 0.5) is 0 Å². The number of hydrogen-bond acceptors (Lipinski definition) is 2. The van der Waals surface area contributed by atoms with Crippen LogP contribution < -0.4 is 5.43 Å². The van der Waals surface area contributed by atoms with Crippen molar-refractivity contribution in [3.05, 3.63) is 0 Å². The fraction of sp³-hybridized carbons (Fsp3) is 1.00. The van der Waals surface area contributed by atoms with Gasteiger partial charge in [0.15, 0.2) is 0 Å². The molecule has 3 rings (SSSR count). The Morgan fingerprint density at radius 1 is 0.944 bits per heavy atom. The van der Waals surface area contributed by atoms with Crippen molar-refractivity contribution in [2.24, 2.45) is 17.8 Å². The van der Waals surface area contributed by atoms with E-state index in [2.05, 4.69) is 24.3 Å². The predicted octanol–water partition coefficient (Wildman–Crippen LogP) is 3.58. The molecule has 0 aromatic carbocycles. The lowest BCUT2D eigenvalue weighted by atomic mass is 9.79. The van der Waals surface area contributed by atoms with Crippen molar-refractivity contribution < 1.29 is 0 Å². The molecule has 1 heterocycles. The Morgan fingerprint density at radius 3 is 2.44 bits per heavy atom. The average molecular weight is 250 g/mol. The van der Waals surface area contributed by atoms with Gasteiger partial charge in [0.05, 0.1) is 0 Å². The quantitative estimate of drug-likeness (QED) is 0.806. The Labute approximate surface area is 112 Å². The normalized spacial score (nSPS) is 46.0. The minimum Gasteiger partial charge on any atom is -0.252 e. The number of hydrogen-bond donors (Lipinski definition) is 1. The zero-order valence-electron chi connectivity index (χ0n) is 12.2. The Kier molecular flexibility index (Phi) is 3.95. The fourth-order valence-electron chi connectivity index (χ4n) is 4.59. The van der Waals surface area contributed by atoms with Gasteiger partial charge < -0.3 is 0 Å². The Morgan fingerprint density at radius 2 is 1.67 bits per heavy atom. The largest absolute Gasteiger partial charge is 0.252 e. The monoisotopic (exact) mass is 250 g/mol. The summed E-state index contributed by atoms with van der Waals surface area (Å²) in [6, 6.07) is 1.57. The van der Waals surface area contributed by atoms with Gasteiger partial charge in [-0.25, -0.2) is 5.01 Å². The van der Waals surface area contributed by atoms with E-state index in [0.717, 1.165) is 29.8 Å². The highest BCUT2D eigenvalue weighted by Crippen LogP contribution is 2.36. The highest BCUT2D eigenvalue weighted by molar-refractivity contribution is 4.93. The summed E-state index contributed by atoms with van der Waals surface area (Å²) in [7, 11) is 0. The number of nitrogens with zero attached hydrogens (tertiary/aromatic N) is 1. The highest BCUT2D eigenvalue weighted by atomic mass is 15.6. The molecule has 0 amide bonds. The summed E-state index contributed by atoms with van der Waals surface area (Å²) in [6.45, 7) is 6.23. The van der Waals surface area contributed by atoms with Gasteiger partial charge in [0.2, 0.25) is 0 Å². The summed E-state index contributed by atoms with van der Waals surface area (Å²) < 4.78 is 0. The van der Waals surface area contributed by atoms with Crippen LogP contribution in [0.5, 0.6) is 0 Å². The number of fused-ring (bicyclic) bond motifs is 1. The summed E-state index contributed by atoms with van der Waals surface area (Å²) in [4.78, 5) is 0. The molecule has 2 saturated carbocycles. The van der Waals surface area contributed by atoms with Crippen LogP contribution in [0.3, 0.4) is 0 Å². The average Bonchev–Trinajstić information content (AvgIpc) is 2.70. The molecule has 5 atom stereocenters. The molecule has 0 radical (unpaired) electrons. The first-order chi connectivity index (χ1) is 8.75. The predicted molar refractivity (Wildman–Crippen MR) is 76.2 cm³/mol. The van der Waals surface area contributed by atoms with Crippen LogP contribution in [0.25, 0.3) is 0 Å². The molecule has 18 heavy (non-hydrogen) atoms. The van der Waals surface area contributed by atoms with E-state index in [1.807, 2.05) is 0 Å². The van der Waals surface area contributed by atoms with Crippen molar-refractivity contribution in [2.45, 2.75) is 77.3 Å². The maximum absolute atomic E-state index is 3.84. The summed E-state index contributed by atoms with van der Waals surface area (Å²) in [5.41, 5.74) is 3.84. The van der Waals surface area contributed by atoms with Crippen LogP contribution in [0.15, 0.2) is 0 Å². The zero-order valence-corrected chi connectivity index (χ0v) is 12.2. The standard InChI is InChI=1S/C16H30N2/c1-12-7-3-4-8-14(12)11-18-13(2)15-9-5-6-10-16(15)17-18/h12-17H,3-11H2,1-2H3. The van der Waals surface area contributed by atoms with Gasteiger partial charge in [-0.05, 0) is 43.9 Å². The number of rotatable bonds is 2. The van der Waals surface area contributed by atoms with Gasteiger partial charge in [0.1, 0.15) is 0 Å². The van der Waals surface area contributed by atoms with Gasteiger partial charge in [-0.15, -0.1) is 0 Å². The summed E-state index contributed by atoms with van der Waals surface area (Å²) in [5, 5.41) is 2.62. The third-order valence-electron chi connectivity index (χ3n) is 5.98. The molecule has 2 heteroatoms. The molecule has 1 aliphatic heterocycles. The molecule has 0 aromatic rings. The van der Waals surface area contributed by atoms with Crippen molar-refractivity contribution >= 4 is 0 Å². The van der Waals surface area contributed by atoms with E-state index in [0.29, 0.717) is 0 Å². The molecular weight excluding hydrogens is 220 g/mol. The van der Waals surface area contributed by atoms with Gasteiger partial charge in [0.25, 0.3) is 0 Å². The van der Waals surface area contributed by atoms with Crippen LogP contribution in [0.2, 0.25) is 0 Å². The molecule has 3 aliphatic rings. The minimum absolute atomic E-state index is 0.768. The van der Waals surface area contributed by atoms with Crippen molar-refractivity contribution in [1.29, 1.82) is 0 Å². The van der Waals surface area contributed by atoms with Crippen molar-refractivity contribution in [3.63, 3.8) is 0 Å². The lowest BCUT2D eigenvalue weighted by Crippen LogP contribution is -2.43. The maximum Gasteiger partial charge on any atom is 0.0259 e. The van der Waals surface area contributed by atoms with Crippen LogP contribution in [0.1, 0.15) is 65.2 Å². The van der Waals surface area contributed by atoms with Crippen molar-refractivity contribution in [1.82, 2.24) is 10.4 Å². The van der Waals surface area contributed by atoms with Crippen LogP contribution in [0, 0.1) is 17.8 Å². The first kappa shape index (κ1) is 12.9. The van der Waals surface area contributed by atoms with Crippen LogP contribution in [-0.2, 0) is 0 Å². The van der Waals surface area contributed by atoms with Gasteiger partial charge in [-0.3, -0.25) is 5.43 Å². The molecule has 0 spiro atoms. The van der Waals surface area contributed by atoms with E-state index in [9.17, 15) is 0 Å². The van der Waals surface area contributed by atoms with Crippen LogP contribution >= 0.6 is 0 Å². The SMILES string of the molecule is CC1CCCCC1CN1NC2CCCCC2C1C. The lowest BCUT2D eigenvalue weighted by molar-refractivity contribution is 0.109. The van der Waals surface area contributed by atoms with Gasteiger partial charge in [-0.2, -0.15) is 0 Å². The highest BCUT2D eigenvalue weighted by Gasteiger charge is 2.40. The second-order valence-corrected chi connectivity index (χ2v) is 7.10. The van der Waals surface area contributed by atoms with E-state index >= 15 is 0 Å². The van der Waals surface area contributed by atoms with Gasteiger partial charge in [0, 0.05) is 18.6 Å². The third kappa shape index (κ3) is 2.46. The molecule has 2 nitrogen and oxygen atoms in total. The summed E-state index contributed by atoms with van der Waals surface area (Å²) >= 11 is 0. The van der Waals surface area contributed by atoms with E-state index < -0.39 is 0 Å². The topological polar surface area (TPSA) is 15.3 Å². The number of nitrogens with one attached hydrogen (secondary N) is 1. The fourth-order valence-corrected chi connectivity index (χ4v) is 4.59. The second-order valence-electron chi connectivity index (χ2n) is 7.10. The first-order valence-electron chi connectivity index (χ1n) is 8.28. The summed E-state index contributed by atoms with van der Waals surface area (Å²) in [6.07, 6.45) is 11.6. The molecule has 5 unspecified atom stereocenters. The van der Waals surface area contributed by atoms with Crippen molar-refractivity contribution in [2.75, 3.05) is 6.54 Å². The minimum atomic E-state index is 0.768. The maximum atomic E-state index is 3.84. The molecule has 104 valence electrons. The van der Waals surface area contributed by atoms with Gasteiger partial charge >= 0.3 is 0 Å². The van der Waals surface area contributed by atoms with E-state index in [-0.39, 0.29) is 0 Å². The molecule has 0 aromatic heterocycles. The third-order valence-corrected chi connectivity index (χ3v) is 5.98. The second kappa shape index (κ2) is 5.50. The Balaban J connectivity index is 1.59. The summed E-state index contributed by atoms with van der Waals surface area (Å²) in [5.74, 6) is 2.81. The van der Waals surface area contributed by atoms with E-state index in [1.165, 1.54) is 57.9 Å². The molecule has 1 saturated heterocycles. The smallest absolute Gasteiger partial charge is 0.0259 e. The first-order valence-corrected chi connectivity index (χ1v) is 8.28. The number of hydrazine groups is 1. The molecular formula is C16H30N2. The Hall–Kier alpha value is -0.0800.